The molecule has 0 heterocycles. The summed E-state index contributed by atoms with van der Waals surface area (Å²) >= 11 is 11.6. The largest absolute Gasteiger partial charge is 0.398 e. The van der Waals surface area contributed by atoms with E-state index >= 15 is 0 Å². The molecule has 0 saturated heterocycles. The first-order valence-electron chi connectivity index (χ1n) is 5.12. The number of aliphatic hydroxyl groups is 1. The quantitative estimate of drug-likeness (QED) is 0.808. The van der Waals surface area contributed by atoms with E-state index in [0.29, 0.717) is 6.42 Å². The van der Waals surface area contributed by atoms with Gasteiger partial charge in [0.05, 0.1) is 10.7 Å². The molecule has 0 unspecified atom stereocenters. The van der Waals surface area contributed by atoms with Crippen molar-refractivity contribution in [3.05, 3.63) is 22.2 Å². The third kappa shape index (κ3) is 3.27. The van der Waals surface area contributed by atoms with Crippen LogP contribution in [0.25, 0.3) is 0 Å². The molecular weight excluding hydrogens is 299 g/mol. The first kappa shape index (κ1) is 15.5. The molecule has 0 aliphatic heterocycles. The summed E-state index contributed by atoms with van der Waals surface area (Å²) in [5.74, 6) is 0. The highest BCUT2D eigenvalue weighted by molar-refractivity contribution is 7.89. The number of nitrogen functional groups attached to an aromatic ring is 1. The summed E-state index contributed by atoms with van der Waals surface area (Å²) in [6.45, 7) is 0.0842. The molecule has 0 atom stereocenters. The number of sulfonamides is 1. The second-order valence-electron chi connectivity index (χ2n) is 3.71. The average Bonchev–Trinajstić information content (AvgIpc) is 2.23. The summed E-state index contributed by atoms with van der Waals surface area (Å²) in [7, 11) is -2.38. The molecular formula is C10H14Cl2N2O3S. The Morgan fingerprint density at radius 3 is 2.50 bits per heavy atom. The lowest BCUT2D eigenvalue weighted by molar-refractivity contribution is 0.275. The number of nitrogens with two attached hydrogens (primary N) is 1. The summed E-state index contributed by atoms with van der Waals surface area (Å²) in [6, 6.07) is 2.66. The third-order valence-electron chi connectivity index (χ3n) is 2.34. The van der Waals surface area contributed by atoms with Gasteiger partial charge in [-0.25, -0.2) is 12.7 Å². The lowest BCUT2D eigenvalue weighted by Crippen LogP contribution is -2.29. The Morgan fingerprint density at radius 2 is 2.00 bits per heavy atom. The molecule has 0 radical (unpaired) electrons. The van der Waals surface area contributed by atoms with E-state index < -0.39 is 10.0 Å². The topological polar surface area (TPSA) is 83.6 Å². The van der Waals surface area contributed by atoms with Gasteiger partial charge in [0.15, 0.2) is 0 Å². The van der Waals surface area contributed by atoms with Gasteiger partial charge in [-0.3, -0.25) is 0 Å². The number of anilines is 1. The highest BCUT2D eigenvalue weighted by atomic mass is 35.5. The second-order valence-corrected chi connectivity index (χ2v) is 6.54. The number of hydrogen-bond donors (Lipinski definition) is 2. The molecule has 0 aromatic heterocycles. The summed E-state index contributed by atoms with van der Waals surface area (Å²) in [5.41, 5.74) is 5.65. The molecule has 0 saturated carbocycles. The van der Waals surface area contributed by atoms with E-state index in [-0.39, 0.29) is 33.8 Å². The van der Waals surface area contributed by atoms with E-state index in [1.54, 1.807) is 0 Å². The molecule has 0 spiro atoms. The van der Waals surface area contributed by atoms with Crippen molar-refractivity contribution in [3.63, 3.8) is 0 Å². The summed E-state index contributed by atoms with van der Waals surface area (Å²) < 4.78 is 25.5. The molecule has 0 aliphatic rings. The van der Waals surface area contributed by atoms with Crippen LogP contribution in [-0.2, 0) is 10.0 Å². The van der Waals surface area contributed by atoms with Crippen LogP contribution >= 0.6 is 23.2 Å². The van der Waals surface area contributed by atoms with Gasteiger partial charge < -0.3 is 10.8 Å². The SMILES string of the molecule is CN(CCCO)S(=O)(=O)c1c(N)cc(Cl)cc1Cl. The fourth-order valence-electron chi connectivity index (χ4n) is 1.42. The molecule has 5 nitrogen and oxygen atoms in total. The fourth-order valence-corrected chi connectivity index (χ4v) is 3.57. The van der Waals surface area contributed by atoms with Gasteiger partial charge in [-0.2, -0.15) is 0 Å². The van der Waals surface area contributed by atoms with Gasteiger partial charge in [-0.05, 0) is 18.6 Å². The molecule has 1 aromatic carbocycles. The van der Waals surface area contributed by atoms with E-state index in [4.69, 9.17) is 34.0 Å². The molecule has 1 aromatic rings. The Kier molecular flexibility index (Phi) is 5.24. The zero-order chi connectivity index (χ0) is 13.9. The Bertz CT molecular complexity index is 511. The van der Waals surface area contributed by atoms with Crippen molar-refractivity contribution >= 4 is 38.9 Å². The molecule has 1 rings (SSSR count). The standard InChI is InChI=1S/C10H14Cl2N2O3S/c1-14(3-2-4-15)18(16,17)10-8(12)5-7(11)6-9(10)13/h5-6,15H,2-4,13H2,1H3. The molecule has 0 aliphatic carbocycles. The molecule has 0 amide bonds. The van der Waals surface area contributed by atoms with Crippen molar-refractivity contribution in [2.75, 3.05) is 25.9 Å². The lowest BCUT2D eigenvalue weighted by atomic mass is 10.3. The number of hydrogen-bond acceptors (Lipinski definition) is 4. The zero-order valence-electron chi connectivity index (χ0n) is 9.73. The molecule has 102 valence electrons. The van der Waals surface area contributed by atoms with E-state index in [1.165, 1.54) is 19.2 Å². The van der Waals surface area contributed by atoms with E-state index in [9.17, 15) is 8.42 Å². The monoisotopic (exact) mass is 312 g/mol. The predicted molar refractivity (Wildman–Crippen MR) is 72.4 cm³/mol. The second kappa shape index (κ2) is 6.08. The van der Waals surface area contributed by atoms with Crippen molar-refractivity contribution in [1.82, 2.24) is 4.31 Å². The van der Waals surface area contributed by atoms with Crippen LogP contribution in [0.15, 0.2) is 17.0 Å². The highest BCUT2D eigenvalue weighted by Gasteiger charge is 2.26. The normalized spacial score (nSPS) is 12.1. The maximum absolute atomic E-state index is 12.2. The number of halogens is 2. The minimum absolute atomic E-state index is 0.00310. The average molecular weight is 313 g/mol. The number of benzene rings is 1. The zero-order valence-corrected chi connectivity index (χ0v) is 12.1. The maximum atomic E-state index is 12.2. The molecule has 8 heteroatoms. The summed E-state index contributed by atoms with van der Waals surface area (Å²) in [6.07, 6.45) is 0.334. The van der Waals surface area contributed by atoms with Crippen molar-refractivity contribution in [2.45, 2.75) is 11.3 Å². The van der Waals surface area contributed by atoms with Crippen LogP contribution < -0.4 is 5.73 Å². The summed E-state index contributed by atoms with van der Waals surface area (Å²) in [4.78, 5) is -0.158. The Morgan fingerprint density at radius 1 is 1.39 bits per heavy atom. The van der Waals surface area contributed by atoms with E-state index in [2.05, 4.69) is 0 Å². The van der Waals surface area contributed by atoms with Crippen molar-refractivity contribution in [3.8, 4) is 0 Å². The van der Waals surface area contributed by atoms with Gasteiger partial charge >= 0.3 is 0 Å². The Labute approximate surface area is 116 Å². The van der Waals surface area contributed by atoms with Crippen LogP contribution in [-0.4, -0.2) is 38.0 Å². The van der Waals surface area contributed by atoms with Gasteiger partial charge in [-0.15, -0.1) is 0 Å². The van der Waals surface area contributed by atoms with Gasteiger partial charge in [0.25, 0.3) is 0 Å². The lowest BCUT2D eigenvalue weighted by Gasteiger charge is -2.18. The van der Waals surface area contributed by atoms with Crippen molar-refractivity contribution in [1.29, 1.82) is 0 Å². The smallest absolute Gasteiger partial charge is 0.246 e. The minimum atomic E-state index is -3.78. The molecule has 0 fully saturated rings. The Hall–Kier alpha value is -0.530. The predicted octanol–water partition coefficient (Wildman–Crippen LogP) is 1.58. The number of rotatable bonds is 5. The van der Waals surface area contributed by atoms with Gasteiger partial charge in [0, 0.05) is 25.2 Å². The van der Waals surface area contributed by atoms with Crippen LogP contribution in [0.1, 0.15) is 6.42 Å². The fraction of sp³-hybridized carbons (Fsp3) is 0.400. The minimum Gasteiger partial charge on any atom is -0.398 e. The summed E-state index contributed by atoms with van der Waals surface area (Å²) in [5, 5.41) is 8.96. The van der Waals surface area contributed by atoms with Gasteiger partial charge in [-0.1, -0.05) is 23.2 Å². The first-order valence-corrected chi connectivity index (χ1v) is 7.32. The number of aliphatic hydroxyl groups excluding tert-OH is 1. The van der Waals surface area contributed by atoms with Gasteiger partial charge in [0.1, 0.15) is 4.90 Å². The van der Waals surface area contributed by atoms with E-state index in [0.717, 1.165) is 4.31 Å². The molecule has 3 N–H and O–H groups in total. The Balaban J connectivity index is 3.20. The molecule has 0 bridgehead atoms. The van der Waals surface area contributed by atoms with Crippen molar-refractivity contribution < 1.29 is 13.5 Å². The van der Waals surface area contributed by atoms with Gasteiger partial charge in [0.2, 0.25) is 10.0 Å². The van der Waals surface area contributed by atoms with Crippen LogP contribution in [0.5, 0.6) is 0 Å². The van der Waals surface area contributed by atoms with Crippen molar-refractivity contribution in [2.24, 2.45) is 0 Å². The van der Waals surface area contributed by atoms with Crippen LogP contribution in [0.2, 0.25) is 10.0 Å². The number of nitrogens with zero attached hydrogens (tertiary/aromatic N) is 1. The highest BCUT2D eigenvalue weighted by Crippen LogP contribution is 2.32. The van der Waals surface area contributed by atoms with Crippen LogP contribution in [0, 0.1) is 0 Å². The van der Waals surface area contributed by atoms with Crippen LogP contribution in [0.3, 0.4) is 0 Å². The maximum Gasteiger partial charge on any atom is 0.246 e. The first-order chi connectivity index (χ1) is 8.30. The third-order valence-corrected chi connectivity index (χ3v) is 4.94. The van der Waals surface area contributed by atoms with E-state index in [1.807, 2.05) is 0 Å². The molecule has 18 heavy (non-hydrogen) atoms. The van der Waals surface area contributed by atoms with Crippen LogP contribution in [0.4, 0.5) is 5.69 Å².